The maximum Gasteiger partial charge on any atom is 0.0652 e. The van der Waals surface area contributed by atoms with Crippen molar-refractivity contribution in [1.29, 1.82) is 0 Å². The van der Waals surface area contributed by atoms with Crippen molar-refractivity contribution >= 4 is 6.20 Å². The first-order valence-electron chi connectivity index (χ1n) is 5.99. The lowest BCUT2D eigenvalue weighted by atomic mass is 9.64. The van der Waals surface area contributed by atoms with Crippen molar-refractivity contribution in [2.24, 2.45) is 5.41 Å². The van der Waals surface area contributed by atoms with E-state index in [-0.39, 0.29) is 5.41 Å². The second kappa shape index (κ2) is 4.63. The van der Waals surface area contributed by atoms with Gasteiger partial charge < -0.3 is 10.1 Å². The first-order chi connectivity index (χ1) is 8.07. The molecule has 0 radical (unpaired) electrons. The Morgan fingerprint density at radius 1 is 1.71 bits per heavy atom. The normalized spacial score (nSPS) is 26.5. The van der Waals surface area contributed by atoms with Gasteiger partial charge in [-0.25, -0.2) is 4.68 Å². The second-order valence-electron chi connectivity index (χ2n) is 5.23. The minimum Gasteiger partial charge on any atom is -0.381 e. The van der Waals surface area contributed by atoms with E-state index in [1.807, 2.05) is 12.4 Å². The molecule has 1 saturated carbocycles. The van der Waals surface area contributed by atoms with Crippen LogP contribution in [0.1, 0.15) is 25.8 Å². The van der Waals surface area contributed by atoms with Crippen LogP contribution in [0.15, 0.2) is 19.0 Å². The molecule has 1 heterocycles. The van der Waals surface area contributed by atoms with E-state index < -0.39 is 0 Å². The average molecular weight is 235 g/mol. The zero-order valence-corrected chi connectivity index (χ0v) is 10.8. The fourth-order valence-corrected chi connectivity index (χ4v) is 2.44. The molecule has 0 aromatic carbocycles. The third-order valence-corrected chi connectivity index (χ3v) is 3.86. The standard InChI is InChI=1S/C13H21N3O/c1-5-16-9-10(8-15-16)7-14-11-6-12(17-4)13(11,2)3/h5,8-9,11-12,14H,1,6-7H2,2-4H3. The van der Waals surface area contributed by atoms with Crippen molar-refractivity contribution in [3.8, 4) is 0 Å². The number of aromatic nitrogens is 2. The van der Waals surface area contributed by atoms with E-state index in [9.17, 15) is 0 Å². The maximum absolute atomic E-state index is 5.44. The molecule has 0 saturated heterocycles. The first kappa shape index (κ1) is 12.3. The van der Waals surface area contributed by atoms with Crippen molar-refractivity contribution < 1.29 is 4.74 Å². The monoisotopic (exact) mass is 235 g/mol. The van der Waals surface area contributed by atoms with Crippen molar-refractivity contribution in [3.63, 3.8) is 0 Å². The number of rotatable bonds is 5. The summed E-state index contributed by atoms with van der Waals surface area (Å²) in [7, 11) is 1.79. The number of nitrogens with zero attached hydrogens (tertiary/aromatic N) is 2. The largest absolute Gasteiger partial charge is 0.381 e. The van der Waals surface area contributed by atoms with Gasteiger partial charge in [-0.05, 0) is 6.42 Å². The molecule has 1 aliphatic rings. The molecule has 1 aromatic rings. The molecular weight excluding hydrogens is 214 g/mol. The Morgan fingerprint density at radius 2 is 2.47 bits per heavy atom. The van der Waals surface area contributed by atoms with E-state index in [0.29, 0.717) is 12.1 Å². The van der Waals surface area contributed by atoms with Crippen LogP contribution in [0.2, 0.25) is 0 Å². The predicted octanol–water partition coefficient (Wildman–Crippen LogP) is 1.89. The summed E-state index contributed by atoms with van der Waals surface area (Å²) in [6.07, 6.45) is 7.00. The van der Waals surface area contributed by atoms with Gasteiger partial charge >= 0.3 is 0 Å². The molecule has 2 rings (SSSR count). The van der Waals surface area contributed by atoms with Crippen molar-refractivity contribution in [2.45, 2.75) is 39.0 Å². The highest BCUT2D eigenvalue weighted by Gasteiger charge is 2.48. The van der Waals surface area contributed by atoms with Crippen LogP contribution in [0.5, 0.6) is 0 Å². The number of hydrogen-bond acceptors (Lipinski definition) is 3. The number of methoxy groups -OCH3 is 1. The molecular formula is C13H21N3O. The number of ether oxygens (including phenoxy) is 1. The van der Waals surface area contributed by atoms with Crippen molar-refractivity contribution in [3.05, 3.63) is 24.5 Å². The molecule has 1 aromatic heterocycles. The molecule has 0 spiro atoms. The Morgan fingerprint density at radius 3 is 3.00 bits per heavy atom. The Kier molecular flexibility index (Phi) is 3.35. The Labute approximate surface area is 103 Å². The van der Waals surface area contributed by atoms with Crippen LogP contribution in [0, 0.1) is 5.41 Å². The van der Waals surface area contributed by atoms with Gasteiger partial charge in [0.2, 0.25) is 0 Å². The lowest BCUT2D eigenvalue weighted by molar-refractivity contribution is -0.0979. The van der Waals surface area contributed by atoms with Crippen LogP contribution < -0.4 is 5.32 Å². The van der Waals surface area contributed by atoms with Crippen LogP contribution in [-0.4, -0.2) is 29.0 Å². The minimum absolute atomic E-state index is 0.211. The van der Waals surface area contributed by atoms with Gasteiger partial charge in [-0.1, -0.05) is 20.4 Å². The zero-order chi connectivity index (χ0) is 12.5. The summed E-state index contributed by atoms with van der Waals surface area (Å²) >= 11 is 0. The predicted molar refractivity (Wildman–Crippen MR) is 68.4 cm³/mol. The average Bonchev–Trinajstić information content (AvgIpc) is 2.76. The molecule has 4 heteroatoms. The molecule has 0 amide bonds. The molecule has 1 fully saturated rings. The third kappa shape index (κ3) is 2.28. The smallest absolute Gasteiger partial charge is 0.0652 e. The lowest BCUT2D eigenvalue weighted by Crippen LogP contribution is -2.60. The maximum atomic E-state index is 5.44. The Hall–Kier alpha value is -1.13. The second-order valence-corrected chi connectivity index (χ2v) is 5.23. The van der Waals surface area contributed by atoms with E-state index in [2.05, 4.69) is 30.8 Å². The molecule has 1 aliphatic carbocycles. The van der Waals surface area contributed by atoms with Crippen LogP contribution >= 0.6 is 0 Å². The molecule has 94 valence electrons. The van der Waals surface area contributed by atoms with Gasteiger partial charge in [0.05, 0.1) is 12.3 Å². The molecule has 0 aliphatic heterocycles. The third-order valence-electron chi connectivity index (χ3n) is 3.86. The Balaban J connectivity index is 1.85. The molecule has 1 N–H and O–H groups in total. The fraction of sp³-hybridized carbons (Fsp3) is 0.615. The van der Waals surface area contributed by atoms with Gasteiger partial charge in [0, 0.05) is 43.1 Å². The summed E-state index contributed by atoms with van der Waals surface area (Å²) in [5.74, 6) is 0. The quantitative estimate of drug-likeness (QED) is 0.847. The van der Waals surface area contributed by atoms with Gasteiger partial charge in [-0.2, -0.15) is 5.10 Å². The van der Waals surface area contributed by atoms with Gasteiger partial charge in [-0.15, -0.1) is 0 Å². The molecule has 2 atom stereocenters. The van der Waals surface area contributed by atoms with E-state index in [0.717, 1.165) is 13.0 Å². The first-order valence-corrected chi connectivity index (χ1v) is 5.99. The van der Waals surface area contributed by atoms with E-state index in [4.69, 9.17) is 4.74 Å². The highest BCUT2D eigenvalue weighted by Crippen LogP contribution is 2.42. The van der Waals surface area contributed by atoms with Crippen LogP contribution in [0.25, 0.3) is 6.20 Å². The summed E-state index contributed by atoms with van der Waals surface area (Å²) in [6.45, 7) is 9.01. The van der Waals surface area contributed by atoms with Gasteiger partial charge in [0.1, 0.15) is 0 Å². The lowest BCUT2D eigenvalue weighted by Gasteiger charge is -2.51. The highest BCUT2D eigenvalue weighted by atomic mass is 16.5. The number of nitrogens with one attached hydrogen (secondary N) is 1. The fourth-order valence-electron chi connectivity index (χ4n) is 2.44. The van der Waals surface area contributed by atoms with Crippen molar-refractivity contribution in [2.75, 3.05) is 7.11 Å². The topological polar surface area (TPSA) is 39.1 Å². The highest BCUT2D eigenvalue weighted by molar-refractivity contribution is 5.18. The van der Waals surface area contributed by atoms with Gasteiger partial charge in [0.25, 0.3) is 0 Å². The number of hydrogen-bond donors (Lipinski definition) is 1. The summed E-state index contributed by atoms with van der Waals surface area (Å²) in [5.41, 5.74) is 1.39. The van der Waals surface area contributed by atoms with Crippen LogP contribution in [0.4, 0.5) is 0 Å². The van der Waals surface area contributed by atoms with Gasteiger partial charge in [0.15, 0.2) is 0 Å². The van der Waals surface area contributed by atoms with E-state index >= 15 is 0 Å². The summed E-state index contributed by atoms with van der Waals surface area (Å²) < 4.78 is 7.16. The van der Waals surface area contributed by atoms with Gasteiger partial charge in [-0.3, -0.25) is 0 Å². The van der Waals surface area contributed by atoms with Crippen LogP contribution in [0.3, 0.4) is 0 Å². The zero-order valence-electron chi connectivity index (χ0n) is 10.8. The molecule has 4 nitrogen and oxygen atoms in total. The SMILES string of the molecule is C=Cn1cc(CNC2CC(OC)C2(C)C)cn1. The van der Waals surface area contributed by atoms with E-state index in [1.54, 1.807) is 18.0 Å². The van der Waals surface area contributed by atoms with Crippen molar-refractivity contribution in [1.82, 2.24) is 15.1 Å². The minimum atomic E-state index is 0.211. The summed E-state index contributed by atoms with van der Waals surface area (Å²) in [6, 6.07) is 0.513. The molecule has 17 heavy (non-hydrogen) atoms. The van der Waals surface area contributed by atoms with E-state index in [1.165, 1.54) is 5.56 Å². The molecule has 0 bridgehead atoms. The summed E-state index contributed by atoms with van der Waals surface area (Å²) in [5, 5.41) is 7.72. The van der Waals surface area contributed by atoms with Crippen LogP contribution in [-0.2, 0) is 11.3 Å². The Bertz CT molecular complexity index is 397. The summed E-state index contributed by atoms with van der Waals surface area (Å²) in [4.78, 5) is 0. The molecule has 2 unspecified atom stereocenters.